The van der Waals surface area contributed by atoms with Crippen molar-refractivity contribution in [1.82, 2.24) is 9.97 Å². The molecule has 0 aliphatic heterocycles. The second kappa shape index (κ2) is 3.82. The molecule has 0 aliphatic rings. The molecule has 1 rings (SSSR count). The van der Waals surface area contributed by atoms with Gasteiger partial charge in [0.05, 0.1) is 4.90 Å². The van der Waals surface area contributed by atoms with E-state index in [1.807, 2.05) is 6.26 Å². The van der Waals surface area contributed by atoms with Crippen LogP contribution in [0.15, 0.2) is 4.90 Å². The minimum absolute atomic E-state index is 0.388. The first-order chi connectivity index (χ1) is 5.69. The van der Waals surface area contributed by atoms with Gasteiger partial charge in [0, 0.05) is 7.05 Å². The van der Waals surface area contributed by atoms with E-state index in [1.165, 1.54) is 11.8 Å². The molecule has 0 spiro atoms. The predicted octanol–water partition coefficient (Wildman–Crippen LogP) is 1.48. The van der Waals surface area contributed by atoms with Gasteiger partial charge in [0.15, 0.2) is 0 Å². The maximum atomic E-state index is 5.82. The third kappa shape index (κ3) is 1.73. The van der Waals surface area contributed by atoms with Crippen molar-refractivity contribution in [2.24, 2.45) is 0 Å². The quantitative estimate of drug-likeness (QED) is 0.565. The maximum absolute atomic E-state index is 5.82. The summed E-state index contributed by atoms with van der Waals surface area (Å²) < 4.78 is 0. The van der Waals surface area contributed by atoms with E-state index in [4.69, 9.17) is 17.3 Å². The first-order valence-electron chi connectivity index (χ1n) is 3.23. The van der Waals surface area contributed by atoms with Gasteiger partial charge in [-0.1, -0.05) is 11.6 Å². The van der Waals surface area contributed by atoms with Crippen LogP contribution in [0.4, 0.5) is 11.8 Å². The number of nitrogens with two attached hydrogens (primary N) is 1. The molecule has 0 aliphatic carbocycles. The Balaban J connectivity index is 3.18. The molecule has 66 valence electrons. The Labute approximate surface area is 79.9 Å². The number of anilines is 2. The van der Waals surface area contributed by atoms with Crippen LogP contribution in [0.2, 0.25) is 5.15 Å². The van der Waals surface area contributed by atoms with E-state index in [1.54, 1.807) is 7.05 Å². The van der Waals surface area contributed by atoms with Crippen LogP contribution in [0, 0.1) is 0 Å². The summed E-state index contributed by atoms with van der Waals surface area (Å²) in [5.74, 6) is 0.849. The van der Waals surface area contributed by atoms with Crippen LogP contribution in [0.25, 0.3) is 0 Å². The minimum atomic E-state index is 0.388. The highest BCUT2D eigenvalue weighted by atomic mass is 35.5. The number of nitrogen functional groups attached to an aromatic ring is 1. The van der Waals surface area contributed by atoms with Crippen LogP contribution in [-0.4, -0.2) is 23.3 Å². The monoisotopic (exact) mass is 204 g/mol. The molecule has 1 heterocycles. The molecule has 0 amide bonds. The second-order valence-corrected chi connectivity index (χ2v) is 3.18. The molecule has 0 radical (unpaired) electrons. The highest BCUT2D eigenvalue weighted by Crippen LogP contribution is 2.28. The largest absolute Gasteiger partial charge is 0.383 e. The van der Waals surface area contributed by atoms with Crippen molar-refractivity contribution in [2.75, 3.05) is 24.4 Å². The summed E-state index contributed by atoms with van der Waals surface area (Å²) >= 11 is 7.25. The molecule has 6 heteroatoms. The predicted molar refractivity (Wildman–Crippen MR) is 52.8 cm³/mol. The lowest BCUT2D eigenvalue weighted by atomic mass is 10.6. The highest BCUT2D eigenvalue weighted by Gasteiger charge is 2.08. The van der Waals surface area contributed by atoms with Crippen LogP contribution in [0.5, 0.6) is 0 Å². The summed E-state index contributed by atoms with van der Waals surface area (Å²) in [5, 5.41) is 3.15. The third-order valence-corrected chi connectivity index (χ3v) is 2.47. The highest BCUT2D eigenvalue weighted by molar-refractivity contribution is 7.98. The van der Waals surface area contributed by atoms with E-state index >= 15 is 0 Å². The van der Waals surface area contributed by atoms with Crippen LogP contribution < -0.4 is 11.1 Å². The summed E-state index contributed by atoms with van der Waals surface area (Å²) in [6, 6.07) is 0. The van der Waals surface area contributed by atoms with Crippen LogP contribution in [-0.2, 0) is 0 Å². The SMILES string of the molecule is CNc1nc(N)c(SC)c(Cl)n1. The Morgan fingerprint density at radius 1 is 1.50 bits per heavy atom. The number of aromatic nitrogens is 2. The number of thioether (sulfide) groups is 1. The summed E-state index contributed by atoms with van der Waals surface area (Å²) in [5.41, 5.74) is 5.61. The van der Waals surface area contributed by atoms with E-state index < -0.39 is 0 Å². The third-order valence-electron chi connectivity index (χ3n) is 1.28. The van der Waals surface area contributed by atoms with Gasteiger partial charge < -0.3 is 11.1 Å². The first-order valence-corrected chi connectivity index (χ1v) is 4.84. The van der Waals surface area contributed by atoms with E-state index in [2.05, 4.69) is 15.3 Å². The molecule has 4 nitrogen and oxygen atoms in total. The van der Waals surface area contributed by atoms with Gasteiger partial charge in [-0.15, -0.1) is 11.8 Å². The van der Waals surface area contributed by atoms with Crippen molar-refractivity contribution >= 4 is 35.1 Å². The molecule has 0 aromatic carbocycles. The fraction of sp³-hybridized carbons (Fsp3) is 0.333. The van der Waals surface area contributed by atoms with Gasteiger partial charge in [0.1, 0.15) is 11.0 Å². The Hall–Kier alpha value is -0.680. The zero-order chi connectivity index (χ0) is 9.14. The van der Waals surface area contributed by atoms with Gasteiger partial charge in [0.25, 0.3) is 0 Å². The normalized spacial score (nSPS) is 9.92. The molecule has 0 bridgehead atoms. The van der Waals surface area contributed by atoms with Crippen molar-refractivity contribution in [3.8, 4) is 0 Å². The van der Waals surface area contributed by atoms with Gasteiger partial charge >= 0.3 is 0 Å². The van der Waals surface area contributed by atoms with E-state index in [9.17, 15) is 0 Å². The van der Waals surface area contributed by atoms with Crippen molar-refractivity contribution in [1.29, 1.82) is 0 Å². The smallest absolute Gasteiger partial charge is 0.225 e. The summed E-state index contributed by atoms with van der Waals surface area (Å²) in [4.78, 5) is 8.66. The summed E-state index contributed by atoms with van der Waals surface area (Å²) in [6.45, 7) is 0. The zero-order valence-corrected chi connectivity index (χ0v) is 8.33. The Morgan fingerprint density at radius 2 is 2.17 bits per heavy atom. The molecular weight excluding hydrogens is 196 g/mol. The second-order valence-electron chi connectivity index (χ2n) is 2.01. The van der Waals surface area contributed by atoms with E-state index in [0.717, 1.165) is 4.90 Å². The number of nitrogens with one attached hydrogen (secondary N) is 1. The molecule has 0 saturated carbocycles. The molecule has 0 fully saturated rings. The van der Waals surface area contributed by atoms with E-state index in [0.29, 0.717) is 16.9 Å². The molecule has 0 saturated heterocycles. The van der Waals surface area contributed by atoms with Gasteiger partial charge in [-0.25, -0.2) is 0 Å². The molecule has 3 N–H and O–H groups in total. The van der Waals surface area contributed by atoms with Crippen molar-refractivity contribution < 1.29 is 0 Å². The Morgan fingerprint density at radius 3 is 2.58 bits per heavy atom. The van der Waals surface area contributed by atoms with Crippen molar-refractivity contribution in [2.45, 2.75) is 4.90 Å². The lowest BCUT2D eigenvalue weighted by Gasteiger charge is -2.05. The fourth-order valence-electron chi connectivity index (χ4n) is 0.740. The standard InChI is InChI=1S/C6H9ClN4S/c1-9-6-10-4(7)3(12-2)5(8)11-6/h1-2H3,(H3,8,9,10,11). The lowest BCUT2D eigenvalue weighted by molar-refractivity contribution is 1.10. The van der Waals surface area contributed by atoms with Gasteiger partial charge in [-0.2, -0.15) is 9.97 Å². The van der Waals surface area contributed by atoms with Crippen molar-refractivity contribution in [3.63, 3.8) is 0 Å². The number of halogens is 1. The zero-order valence-electron chi connectivity index (χ0n) is 6.76. The van der Waals surface area contributed by atoms with E-state index in [-0.39, 0.29) is 0 Å². The van der Waals surface area contributed by atoms with Gasteiger partial charge in [-0.05, 0) is 6.26 Å². The fourth-order valence-corrected chi connectivity index (χ4v) is 1.62. The Bertz CT molecular complexity index is 268. The van der Waals surface area contributed by atoms with Crippen LogP contribution in [0.1, 0.15) is 0 Å². The molecule has 1 aromatic rings. The van der Waals surface area contributed by atoms with Gasteiger partial charge in [-0.3, -0.25) is 0 Å². The average Bonchev–Trinajstić information content (AvgIpc) is 2.03. The maximum Gasteiger partial charge on any atom is 0.225 e. The molecular formula is C6H9ClN4S. The molecule has 0 atom stereocenters. The molecule has 1 aromatic heterocycles. The van der Waals surface area contributed by atoms with Crippen LogP contribution in [0.3, 0.4) is 0 Å². The van der Waals surface area contributed by atoms with Gasteiger partial charge in [0.2, 0.25) is 5.95 Å². The average molecular weight is 205 g/mol. The number of nitrogens with zero attached hydrogens (tertiary/aromatic N) is 2. The lowest BCUT2D eigenvalue weighted by Crippen LogP contribution is -2.02. The topological polar surface area (TPSA) is 63.8 Å². The minimum Gasteiger partial charge on any atom is -0.383 e. The summed E-state index contributed by atoms with van der Waals surface area (Å²) in [6.07, 6.45) is 1.87. The molecule has 0 unspecified atom stereocenters. The Kier molecular flexibility index (Phi) is 2.99. The van der Waals surface area contributed by atoms with Crippen molar-refractivity contribution in [3.05, 3.63) is 5.15 Å². The summed E-state index contributed by atoms with van der Waals surface area (Å²) in [7, 11) is 1.71. The van der Waals surface area contributed by atoms with Crippen LogP contribution >= 0.6 is 23.4 Å². The molecule has 12 heavy (non-hydrogen) atoms. The number of hydrogen-bond acceptors (Lipinski definition) is 5. The first kappa shape index (κ1) is 9.41. The number of hydrogen-bond donors (Lipinski definition) is 2. The number of rotatable bonds is 2.